The summed E-state index contributed by atoms with van der Waals surface area (Å²) in [5.41, 5.74) is 1.51. The topological polar surface area (TPSA) is 95.9 Å². The normalized spacial score (nSPS) is 11.2. The Bertz CT molecular complexity index is 457. The lowest BCUT2D eigenvalue weighted by Crippen LogP contribution is -2.08. The zero-order valence-electron chi connectivity index (χ0n) is 8.67. The predicted molar refractivity (Wildman–Crippen MR) is 58.9 cm³/mol. The molecule has 1 aromatic carbocycles. The summed E-state index contributed by atoms with van der Waals surface area (Å²) in [4.78, 5) is 0. The Kier molecular flexibility index (Phi) is 4.11. The van der Waals surface area contributed by atoms with Gasteiger partial charge in [0, 0.05) is 12.2 Å². The lowest BCUT2D eigenvalue weighted by atomic mass is 10.2. The van der Waals surface area contributed by atoms with Gasteiger partial charge in [-0.2, -0.15) is 8.42 Å². The predicted octanol–water partition coefficient (Wildman–Crippen LogP) is 0.581. The van der Waals surface area contributed by atoms with Crippen LogP contribution in [0.4, 0.5) is 5.69 Å². The third-order valence-electron chi connectivity index (χ3n) is 1.83. The monoisotopic (exact) mass is 247 g/mol. The average molecular weight is 247 g/mol. The number of aryl methyl sites for hydroxylation is 1. The van der Waals surface area contributed by atoms with E-state index in [4.69, 9.17) is 9.66 Å². The molecule has 90 valence electrons. The molecule has 0 heterocycles. The highest BCUT2D eigenvalue weighted by Gasteiger charge is 2.08. The molecule has 0 spiro atoms. The first kappa shape index (κ1) is 12.8. The highest BCUT2D eigenvalue weighted by Crippen LogP contribution is 2.21. The summed E-state index contributed by atoms with van der Waals surface area (Å²) in [7, 11) is -4.48. The van der Waals surface area contributed by atoms with Gasteiger partial charge in [-0.3, -0.25) is 4.55 Å². The van der Waals surface area contributed by atoms with Crippen LogP contribution in [0.3, 0.4) is 0 Å². The first-order chi connectivity index (χ1) is 7.42. The molecular weight excluding hydrogens is 234 g/mol. The quantitative estimate of drug-likeness (QED) is 0.659. The van der Waals surface area contributed by atoms with Gasteiger partial charge < -0.3 is 14.6 Å². The third kappa shape index (κ3) is 4.05. The van der Waals surface area contributed by atoms with Gasteiger partial charge in [-0.25, -0.2) is 0 Å². The van der Waals surface area contributed by atoms with E-state index in [1.165, 1.54) is 12.1 Å². The molecule has 0 aromatic heterocycles. The highest BCUT2D eigenvalue weighted by molar-refractivity contribution is 7.81. The molecule has 7 heteroatoms. The van der Waals surface area contributed by atoms with Crippen molar-refractivity contribution in [2.45, 2.75) is 6.92 Å². The van der Waals surface area contributed by atoms with Gasteiger partial charge >= 0.3 is 10.4 Å². The lowest BCUT2D eigenvalue weighted by Gasteiger charge is -2.09. The van der Waals surface area contributed by atoms with Crippen LogP contribution < -0.4 is 9.50 Å². The van der Waals surface area contributed by atoms with Crippen molar-refractivity contribution in [1.82, 2.24) is 0 Å². The van der Waals surface area contributed by atoms with Crippen molar-refractivity contribution in [2.75, 3.05) is 18.5 Å². The van der Waals surface area contributed by atoms with Crippen LogP contribution in [0.1, 0.15) is 5.56 Å². The summed E-state index contributed by atoms with van der Waals surface area (Å²) < 4.78 is 33.7. The van der Waals surface area contributed by atoms with Gasteiger partial charge in [0.25, 0.3) is 0 Å². The van der Waals surface area contributed by atoms with Crippen molar-refractivity contribution in [3.63, 3.8) is 0 Å². The molecule has 0 aliphatic rings. The fourth-order valence-electron chi connectivity index (χ4n) is 1.20. The van der Waals surface area contributed by atoms with Crippen LogP contribution in [0.5, 0.6) is 5.75 Å². The number of hydrogen-bond donors (Lipinski definition) is 3. The Hall–Kier alpha value is -1.31. The van der Waals surface area contributed by atoms with E-state index in [9.17, 15) is 8.42 Å². The van der Waals surface area contributed by atoms with Gasteiger partial charge in [0.15, 0.2) is 0 Å². The Balaban J connectivity index is 2.82. The van der Waals surface area contributed by atoms with Crippen LogP contribution in [-0.4, -0.2) is 31.2 Å². The zero-order chi connectivity index (χ0) is 12.2. The second kappa shape index (κ2) is 5.15. The summed E-state index contributed by atoms with van der Waals surface area (Å²) in [5.74, 6) is 0.0366. The fraction of sp³-hybridized carbons (Fsp3) is 0.333. The number of anilines is 1. The molecule has 0 radical (unpaired) electrons. The van der Waals surface area contributed by atoms with E-state index in [1.807, 2.05) is 0 Å². The Morgan fingerprint density at radius 2 is 2.12 bits per heavy atom. The maximum absolute atomic E-state index is 10.5. The van der Waals surface area contributed by atoms with Crippen molar-refractivity contribution >= 4 is 16.1 Å². The van der Waals surface area contributed by atoms with E-state index in [-0.39, 0.29) is 12.4 Å². The number of benzene rings is 1. The highest BCUT2D eigenvalue weighted by atomic mass is 32.3. The van der Waals surface area contributed by atoms with Gasteiger partial charge in [0.05, 0.1) is 6.61 Å². The van der Waals surface area contributed by atoms with E-state index >= 15 is 0 Å². The van der Waals surface area contributed by atoms with Crippen molar-refractivity contribution in [1.29, 1.82) is 0 Å². The first-order valence-electron chi connectivity index (χ1n) is 4.54. The smallest absolute Gasteiger partial charge is 0.395 e. The SMILES string of the molecule is Cc1cc(OS(=O)(=O)O)ccc1NCCO. The van der Waals surface area contributed by atoms with Crippen LogP contribution >= 0.6 is 0 Å². The molecule has 1 rings (SSSR count). The van der Waals surface area contributed by atoms with Crippen LogP contribution in [0, 0.1) is 6.92 Å². The van der Waals surface area contributed by atoms with E-state index in [0.717, 1.165) is 11.3 Å². The number of aliphatic hydroxyl groups excluding tert-OH is 1. The van der Waals surface area contributed by atoms with Gasteiger partial charge in [-0.1, -0.05) is 0 Å². The van der Waals surface area contributed by atoms with Crippen molar-refractivity contribution in [3.8, 4) is 5.75 Å². The van der Waals surface area contributed by atoms with Crippen molar-refractivity contribution in [2.24, 2.45) is 0 Å². The summed E-state index contributed by atoms with van der Waals surface area (Å²) in [5, 5.41) is 11.6. The molecule has 0 aliphatic heterocycles. The lowest BCUT2D eigenvalue weighted by molar-refractivity contribution is 0.311. The van der Waals surface area contributed by atoms with E-state index < -0.39 is 10.4 Å². The molecule has 0 saturated heterocycles. The number of hydrogen-bond acceptors (Lipinski definition) is 5. The van der Waals surface area contributed by atoms with Crippen molar-refractivity contribution in [3.05, 3.63) is 23.8 Å². The average Bonchev–Trinajstić information content (AvgIpc) is 2.14. The number of aliphatic hydroxyl groups is 1. The largest absolute Gasteiger partial charge is 0.446 e. The minimum atomic E-state index is -4.48. The molecule has 0 fully saturated rings. The molecule has 0 unspecified atom stereocenters. The second-order valence-electron chi connectivity index (χ2n) is 3.14. The molecule has 0 saturated carbocycles. The number of rotatable bonds is 5. The maximum atomic E-state index is 10.5. The molecular formula is C9H13NO5S. The Morgan fingerprint density at radius 1 is 1.44 bits per heavy atom. The molecule has 0 bridgehead atoms. The standard InChI is InChI=1S/C9H13NO5S/c1-7-6-8(15-16(12,13)14)2-3-9(7)10-4-5-11/h2-3,6,10-11H,4-5H2,1H3,(H,12,13,14). The van der Waals surface area contributed by atoms with Gasteiger partial charge in [-0.15, -0.1) is 0 Å². The molecule has 0 amide bonds. The second-order valence-corrected chi connectivity index (χ2v) is 4.16. The van der Waals surface area contributed by atoms with Crippen LogP contribution in [-0.2, 0) is 10.4 Å². The van der Waals surface area contributed by atoms with Gasteiger partial charge in [0.2, 0.25) is 0 Å². The summed E-state index contributed by atoms with van der Waals surface area (Å²) in [6.07, 6.45) is 0. The van der Waals surface area contributed by atoms with Crippen molar-refractivity contribution < 1.29 is 22.3 Å². The first-order valence-corrected chi connectivity index (χ1v) is 5.91. The van der Waals surface area contributed by atoms with E-state index in [2.05, 4.69) is 9.50 Å². The van der Waals surface area contributed by atoms with E-state index in [1.54, 1.807) is 13.0 Å². The number of nitrogens with one attached hydrogen (secondary N) is 1. The molecule has 6 nitrogen and oxygen atoms in total. The fourth-order valence-corrected chi connectivity index (χ4v) is 1.55. The summed E-state index contributed by atoms with van der Waals surface area (Å²) in [6, 6.07) is 4.47. The van der Waals surface area contributed by atoms with Gasteiger partial charge in [-0.05, 0) is 30.7 Å². The molecule has 0 atom stereocenters. The molecule has 16 heavy (non-hydrogen) atoms. The van der Waals surface area contributed by atoms with Crippen LogP contribution in [0.15, 0.2) is 18.2 Å². The maximum Gasteiger partial charge on any atom is 0.446 e. The van der Waals surface area contributed by atoms with Crippen LogP contribution in [0.2, 0.25) is 0 Å². The Labute approximate surface area is 93.8 Å². The molecule has 0 aliphatic carbocycles. The van der Waals surface area contributed by atoms with Gasteiger partial charge in [0.1, 0.15) is 5.75 Å². The minimum Gasteiger partial charge on any atom is -0.395 e. The zero-order valence-corrected chi connectivity index (χ0v) is 9.49. The molecule has 1 aromatic rings. The molecule has 3 N–H and O–H groups in total. The Morgan fingerprint density at radius 3 is 2.62 bits per heavy atom. The third-order valence-corrected chi connectivity index (χ3v) is 2.23. The summed E-state index contributed by atoms with van der Waals surface area (Å²) in [6.45, 7) is 2.15. The van der Waals surface area contributed by atoms with Crippen LogP contribution in [0.25, 0.3) is 0 Å². The van der Waals surface area contributed by atoms with E-state index in [0.29, 0.717) is 6.54 Å². The summed E-state index contributed by atoms with van der Waals surface area (Å²) >= 11 is 0. The minimum absolute atomic E-state index is 0.00269.